The van der Waals surface area contributed by atoms with Crippen molar-refractivity contribution in [2.24, 2.45) is 5.73 Å². The molecule has 1 aliphatic rings. The molecular weight excluding hydrogens is 426 g/mol. The Kier molecular flexibility index (Phi) is 5.68. The number of hydrogen-bond donors (Lipinski definition) is 1. The predicted molar refractivity (Wildman–Crippen MR) is 110 cm³/mol. The molecule has 7 heteroatoms. The van der Waals surface area contributed by atoms with Crippen molar-refractivity contribution in [3.8, 4) is 6.07 Å². The van der Waals surface area contributed by atoms with Gasteiger partial charge in [-0.3, -0.25) is 14.5 Å². The molecule has 1 atom stereocenters. The van der Waals surface area contributed by atoms with Crippen molar-refractivity contribution >= 4 is 45.2 Å². The van der Waals surface area contributed by atoms with Gasteiger partial charge in [0.2, 0.25) is 5.91 Å². The average Bonchev–Trinajstić information content (AvgIpc) is 2.94. The second-order valence-corrected chi connectivity index (χ2v) is 8.16. The number of nitriles is 1. The van der Waals surface area contributed by atoms with Gasteiger partial charge < -0.3 is 5.73 Å². The minimum atomic E-state index is -0.837. The van der Waals surface area contributed by atoms with E-state index in [0.717, 1.165) is 15.6 Å². The molecule has 0 aliphatic carbocycles. The number of benzene rings is 2. The molecule has 1 fully saturated rings. The molecule has 1 aliphatic heterocycles. The van der Waals surface area contributed by atoms with E-state index >= 15 is 0 Å². The highest BCUT2D eigenvalue weighted by Crippen LogP contribution is 2.42. The number of aryl methyl sites for hydroxylation is 1. The summed E-state index contributed by atoms with van der Waals surface area (Å²) in [5, 5.41) is 9.27. The van der Waals surface area contributed by atoms with E-state index in [1.807, 2.05) is 55.5 Å². The van der Waals surface area contributed by atoms with Crippen molar-refractivity contribution < 1.29 is 9.59 Å². The van der Waals surface area contributed by atoms with Crippen molar-refractivity contribution in [1.29, 1.82) is 5.26 Å². The van der Waals surface area contributed by atoms with Gasteiger partial charge in [0.25, 0.3) is 5.91 Å². The number of nitrogens with zero attached hydrogens (tertiary/aromatic N) is 2. The highest BCUT2D eigenvalue weighted by Gasteiger charge is 2.40. The number of thioether (sulfide) groups is 1. The molecule has 2 amide bonds. The van der Waals surface area contributed by atoms with E-state index in [2.05, 4.69) is 15.9 Å². The van der Waals surface area contributed by atoms with Crippen LogP contribution in [0.15, 0.2) is 63.6 Å². The summed E-state index contributed by atoms with van der Waals surface area (Å²) in [4.78, 5) is 26.4. The van der Waals surface area contributed by atoms with Crippen LogP contribution in [0.2, 0.25) is 0 Å². The number of hydrogen-bond acceptors (Lipinski definition) is 4. The lowest BCUT2D eigenvalue weighted by Crippen LogP contribution is -2.31. The van der Waals surface area contributed by atoms with Gasteiger partial charge in [0.1, 0.15) is 16.7 Å². The molecule has 136 valence electrons. The third kappa shape index (κ3) is 3.92. The number of para-hydroxylation sites is 1. The summed E-state index contributed by atoms with van der Waals surface area (Å²) in [5.41, 5.74) is 7.70. The second kappa shape index (κ2) is 7.99. The van der Waals surface area contributed by atoms with Gasteiger partial charge in [-0.15, -0.1) is 0 Å². The molecule has 5 nitrogen and oxygen atoms in total. The Labute approximate surface area is 170 Å². The Morgan fingerprint density at radius 2 is 1.93 bits per heavy atom. The Morgan fingerprint density at radius 1 is 1.26 bits per heavy atom. The summed E-state index contributed by atoms with van der Waals surface area (Å²) in [6, 6.07) is 16.9. The van der Waals surface area contributed by atoms with Crippen LogP contribution in [0.3, 0.4) is 0 Å². The predicted octanol–water partition coefficient (Wildman–Crippen LogP) is 3.67. The van der Waals surface area contributed by atoms with E-state index in [1.54, 1.807) is 6.07 Å². The number of primary amides is 1. The summed E-state index contributed by atoms with van der Waals surface area (Å²) in [7, 11) is 0. The second-order valence-electron chi connectivity index (χ2n) is 6.05. The summed E-state index contributed by atoms with van der Waals surface area (Å²) in [6.07, 6.45) is 0.486. The smallest absolute Gasteiger partial charge is 0.262 e. The molecule has 2 aromatic rings. The Balaban J connectivity index is 2.05. The largest absolute Gasteiger partial charge is 0.365 e. The van der Waals surface area contributed by atoms with Gasteiger partial charge in [-0.2, -0.15) is 5.26 Å². The average molecular weight is 442 g/mol. The van der Waals surface area contributed by atoms with Gasteiger partial charge in [-0.25, -0.2) is 0 Å². The quantitative estimate of drug-likeness (QED) is 0.578. The number of anilines is 1. The lowest BCUT2D eigenvalue weighted by atomic mass is 10.1. The molecule has 2 aromatic carbocycles. The number of halogens is 1. The molecule has 27 heavy (non-hydrogen) atoms. The third-order valence-electron chi connectivity index (χ3n) is 4.22. The highest BCUT2D eigenvalue weighted by molar-refractivity contribution is 9.10. The van der Waals surface area contributed by atoms with Crippen LogP contribution in [0.5, 0.6) is 0 Å². The summed E-state index contributed by atoms with van der Waals surface area (Å²) in [6.45, 7) is 1.88. The highest BCUT2D eigenvalue weighted by atomic mass is 79.9. The molecule has 0 unspecified atom stereocenters. The zero-order valence-corrected chi connectivity index (χ0v) is 16.9. The lowest BCUT2D eigenvalue weighted by Gasteiger charge is -2.20. The minimum absolute atomic E-state index is 0.166. The third-order valence-corrected chi connectivity index (χ3v) is 6.01. The van der Waals surface area contributed by atoms with Crippen molar-refractivity contribution in [3.05, 3.63) is 74.7 Å². The van der Waals surface area contributed by atoms with Crippen LogP contribution in [-0.4, -0.2) is 17.1 Å². The molecule has 1 saturated heterocycles. The van der Waals surface area contributed by atoms with E-state index in [0.29, 0.717) is 17.1 Å². The van der Waals surface area contributed by atoms with Crippen molar-refractivity contribution in [2.45, 2.75) is 18.6 Å². The van der Waals surface area contributed by atoms with Crippen LogP contribution < -0.4 is 10.6 Å². The molecular formula is C20H16BrN3O2S. The molecule has 0 saturated carbocycles. The first-order chi connectivity index (χ1) is 12.9. The zero-order chi connectivity index (χ0) is 19.6. The number of nitrogens with two attached hydrogens (primary N) is 1. The maximum Gasteiger partial charge on any atom is 0.262 e. The first kappa shape index (κ1) is 19.2. The number of carbonyl (C=O) groups is 2. The zero-order valence-electron chi connectivity index (χ0n) is 14.5. The van der Waals surface area contributed by atoms with Crippen molar-refractivity contribution in [2.75, 3.05) is 4.90 Å². The first-order valence-corrected chi connectivity index (χ1v) is 9.84. The number of rotatable bonds is 4. The van der Waals surface area contributed by atoms with E-state index in [9.17, 15) is 14.9 Å². The fourth-order valence-corrected chi connectivity index (χ4v) is 4.44. The van der Waals surface area contributed by atoms with Gasteiger partial charge in [-0.05, 0) is 42.7 Å². The van der Waals surface area contributed by atoms with Gasteiger partial charge >= 0.3 is 0 Å². The van der Waals surface area contributed by atoms with Crippen LogP contribution in [-0.2, 0) is 16.0 Å². The Hall–Kier alpha value is -2.56. The SMILES string of the molecule is Cc1ccccc1N1C(=O)[C@H](Cc2ccc(Br)cc2)S/C1=C(/C#N)C(N)=O. The topological polar surface area (TPSA) is 87.2 Å². The standard InChI is InChI=1S/C20H16BrN3O2S/c1-12-4-2-3-5-16(12)24-19(26)17(10-13-6-8-14(21)9-7-13)27-20(24)15(11-22)18(23)25/h2-9,17H,10H2,1H3,(H2,23,25)/b20-15-/t17-/m0/s1. The van der Waals surface area contributed by atoms with E-state index in [1.165, 1.54) is 16.7 Å². The molecule has 0 bridgehead atoms. The Morgan fingerprint density at radius 3 is 2.52 bits per heavy atom. The van der Waals surface area contributed by atoms with Crippen molar-refractivity contribution in [3.63, 3.8) is 0 Å². The van der Waals surface area contributed by atoms with Crippen LogP contribution >= 0.6 is 27.7 Å². The van der Waals surface area contributed by atoms with Crippen LogP contribution in [0.1, 0.15) is 11.1 Å². The summed E-state index contributed by atoms with van der Waals surface area (Å²) >= 11 is 4.61. The fraction of sp³-hybridized carbons (Fsp3) is 0.150. The number of carbonyl (C=O) groups excluding carboxylic acids is 2. The minimum Gasteiger partial charge on any atom is -0.365 e. The van der Waals surface area contributed by atoms with E-state index in [4.69, 9.17) is 5.73 Å². The maximum atomic E-state index is 13.2. The molecule has 1 heterocycles. The maximum absolute atomic E-state index is 13.2. The van der Waals surface area contributed by atoms with Gasteiger partial charge in [0.05, 0.1) is 10.9 Å². The van der Waals surface area contributed by atoms with Crippen LogP contribution in [0.4, 0.5) is 5.69 Å². The van der Waals surface area contributed by atoms with Gasteiger partial charge in [0, 0.05) is 4.47 Å². The van der Waals surface area contributed by atoms with E-state index in [-0.39, 0.29) is 11.5 Å². The van der Waals surface area contributed by atoms with Crippen LogP contribution in [0.25, 0.3) is 0 Å². The first-order valence-electron chi connectivity index (χ1n) is 8.17. The summed E-state index contributed by atoms with van der Waals surface area (Å²) < 4.78 is 0.958. The Bertz CT molecular complexity index is 979. The molecule has 3 rings (SSSR count). The monoisotopic (exact) mass is 441 g/mol. The van der Waals surface area contributed by atoms with Crippen molar-refractivity contribution in [1.82, 2.24) is 0 Å². The fourth-order valence-electron chi connectivity index (χ4n) is 2.87. The van der Waals surface area contributed by atoms with Gasteiger partial charge in [0.15, 0.2) is 0 Å². The summed E-state index contributed by atoms with van der Waals surface area (Å²) in [5.74, 6) is -1.00. The lowest BCUT2D eigenvalue weighted by molar-refractivity contribution is -0.117. The van der Waals surface area contributed by atoms with E-state index < -0.39 is 11.2 Å². The molecule has 2 N–H and O–H groups in total. The normalized spacial score (nSPS) is 18.3. The van der Waals surface area contributed by atoms with Crippen LogP contribution in [0, 0.1) is 18.3 Å². The van der Waals surface area contributed by atoms with Gasteiger partial charge in [-0.1, -0.05) is 58.0 Å². The molecule has 0 radical (unpaired) electrons. The number of amides is 2. The molecule has 0 aromatic heterocycles. The molecule has 0 spiro atoms.